The molecular weight excluding hydrogens is 299 g/mol. The van der Waals surface area contributed by atoms with Crippen LogP contribution in [0.4, 0.5) is 5.69 Å². The molecule has 0 spiro atoms. The van der Waals surface area contributed by atoms with E-state index >= 15 is 0 Å². The summed E-state index contributed by atoms with van der Waals surface area (Å²) in [5.74, 6) is -0.734. The van der Waals surface area contributed by atoms with Crippen molar-refractivity contribution in [2.24, 2.45) is 0 Å². The molecule has 110 valence electrons. The van der Waals surface area contributed by atoms with E-state index in [-0.39, 0.29) is 23.2 Å². The van der Waals surface area contributed by atoms with E-state index < -0.39 is 0 Å². The Hall–Kier alpha value is -1.26. The number of amides is 2. The summed E-state index contributed by atoms with van der Waals surface area (Å²) in [5, 5.41) is 3.28. The number of nitrogens with zero attached hydrogens (tertiary/aromatic N) is 1. The summed E-state index contributed by atoms with van der Waals surface area (Å²) < 4.78 is 0. The van der Waals surface area contributed by atoms with E-state index in [1.54, 1.807) is 19.2 Å². The number of rotatable bonds is 3. The van der Waals surface area contributed by atoms with Gasteiger partial charge in [-0.15, -0.1) is 11.6 Å². The zero-order valence-electron chi connectivity index (χ0n) is 12.0. The quantitative estimate of drug-likeness (QED) is 0.871. The summed E-state index contributed by atoms with van der Waals surface area (Å²) in [4.78, 5) is 25.3. The molecule has 1 aromatic rings. The summed E-state index contributed by atoms with van der Waals surface area (Å²) in [6.45, 7) is 5.63. The van der Waals surface area contributed by atoms with Gasteiger partial charge in [-0.3, -0.25) is 9.59 Å². The normalized spacial score (nSPS) is 11.1. The van der Waals surface area contributed by atoms with Gasteiger partial charge in [-0.2, -0.15) is 0 Å². The van der Waals surface area contributed by atoms with E-state index in [1.165, 1.54) is 11.0 Å². The van der Waals surface area contributed by atoms with E-state index in [0.29, 0.717) is 16.3 Å². The maximum atomic E-state index is 12.3. The van der Waals surface area contributed by atoms with Gasteiger partial charge in [0.25, 0.3) is 5.91 Å². The molecule has 0 aromatic heterocycles. The Bertz CT molecular complexity index is 524. The van der Waals surface area contributed by atoms with Crippen molar-refractivity contribution in [1.29, 1.82) is 0 Å². The highest BCUT2D eigenvalue weighted by Gasteiger charge is 2.21. The number of halogens is 2. The topological polar surface area (TPSA) is 49.4 Å². The molecule has 0 heterocycles. The van der Waals surface area contributed by atoms with Crippen LogP contribution in [0.15, 0.2) is 18.2 Å². The molecule has 1 N–H and O–H groups in total. The first-order valence-electron chi connectivity index (χ1n) is 6.10. The van der Waals surface area contributed by atoms with Crippen molar-refractivity contribution in [3.8, 4) is 0 Å². The first-order chi connectivity index (χ1) is 9.15. The molecule has 0 radical (unpaired) electrons. The van der Waals surface area contributed by atoms with Crippen molar-refractivity contribution in [2.75, 3.05) is 17.8 Å². The van der Waals surface area contributed by atoms with Crippen molar-refractivity contribution in [3.05, 3.63) is 28.8 Å². The van der Waals surface area contributed by atoms with Gasteiger partial charge in [-0.1, -0.05) is 11.6 Å². The van der Waals surface area contributed by atoms with Gasteiger partial charge in [0.1, 0.15) is 5.88 Å². The van der Waals surface area contributed by atoms with Crippen LogP contribution < -0.4 is 10.2 Å². The maximum absolute atomic E-state index is 12.3. The van der Waals surface area contributed by atoms with Gasteiger partial charge >= 0.3 is 0 Å². The van der Waals surface area contributed by atoms with Crippen molar-refractivity contribution in [2.45, 2.75) is 26.3 Å². The van der Waals surface area contributed by atoms with Crippen molar-refractivity contribution in [1.82, 2.24) is 5.32 Å². The van der Waals surface area contributed by atoms with Crippen LogP contribution in [0.2, 0.25) is 5.02 Å². The Morgan fingerprint density at radius 1 is 1.30 bits per heavy atom. The van der Waals surface area contributed by atoms with E-state index in [9.17, 15) is 9.59 Å². The van der Waals surface area contributed by atoms with E-state index in [1.807, 2.05) is 20.8 Å². The van der Waals surface area contributed by atoms with Gasteiger partial charge < -0.3 is 10.2 Å². The van der Waals surface area contributed by atoms with Gasteiger partial charge in [0.15, 0.2) is 0 Å². The molecule has 0 aliphatic rings. The number of hydrogen-bond acceptors (Lipinski definition) is 2. The minimum atomic E-state index is -0.383. The second kappa shape index (κ2) is 6.46. The second-order valence-electron chi connectivity index (χ2n) is 5.45. The molecule has 0 saturated heterocycles. The summed E-state index contributed by atoms with van der Waals surface area (Å²) in [6.07, 6.45) is 0. The number of carbonyl (C=O) groups is 2. The highest BCUT2D eigenvalue weighted by Crippen LogP contribution is 2.24. The summed E-state index contributed by atoms with van der Waals surface area (Å²) >= 11 is 11.5. The number of alkyl halides is 1. The SMILES string of the molecule is CN(C(=O)CCl)c1ccc(Cl)cc1C(=O)NC(C)(C)C. The largest absolute Gasteiger partial charge is 0.347 e. The lowest BCUT2D eigenvalue weighted by molar-refractivity contribution is -0.116. The molecule has 0 bridgehead atoms. The zero-order valence-corrected chi connectivity index (χ0v) is 13.5. The smallest absolute Gasteiger partial charge is 0.253 e. The summed E-state index contributed by atoms with van der Waals surface area (Å²) in [7, 11) is 1.57. The Kier molecular flexibility index (Phi) is 5.42. The minimum Gasteiger partial charge on any atom is -0.347 e. The maximum Gasteiger partial charge on any atom is 0.253 e. The molecule has 1 rings (SSSR count). The number of benzene rings is 1. The molecule has 0 unspecified atom stereocenters. The third-order valence-corrected chi connectivity index (χ3v) is 3.01. The minimum absolute atomic E-state index is 0.153. The standard InChI is InChI=1S/C14H18Cl2N2O2/c1-14(2,3)17-13(20)10-7-9(16)5-6-11(10)18(4)12(19)8-15/h5-7H,8H2,1-4H3,(H,17,20). The van der Waals surface area contributed by atoms with Crippen LogP contribution >= 0.6 is 23.2 Å². The molecule has 0 fully saturated rings. The Morgan fingerprint density at radius 2 is 1.90 bits per heavy atom. The van der Waals surface area contributed by atoms with Crippen LogP contribution in [-0.4, -0.2) is 30.3 Å². The lowest BCUT2D eigenvalue weighted by atomic mass is 10.1. The van der Waals surface area contributed by atoms with Crippen LogP contribution in [0.25, 0.3) is 0 Å². The highest BCUT2D eigenvalue weighted by molar-refractivity contribution is 6.31. The van der Waals surface area contributed by atoms with Crippen molar-refractivity contribution < 1.29 is 9.59 Å². The molecule has 0 aliphatic carbocycles. The predicted octanol–water partition coefficient (Wildman–Crippen LogP) is 3.07. The number of nitrogens with one attached hydrogen (secondary N) is 1. The average Bonchev–Trinajstić information content (AvgIpc) is 2.34. The molecule has 2 amide bonds. The van der Waals surface area contributed by atoms with Gasteiger partial charge in [0.2, 0.25) is 5.91 Å². The fourth-order valence-electron chi connectivity index (χ4n) is 1.61. The van der Waals surface area contributed by atoms with E-state index in [0.717, 1.165) is 0 Å². The van der Waals surface area contributed by atoms with Crippen LogP contribution in [0.3, 0.4) is 0 Å². The second-order valence-corrected chi connectivity index (χ2v) is 6.16. The van der Waals surface area contributed by atoms with Gasteiger partial charge in [0, 0.05) is 17.6 Å². The van der Waals surface area contributed by atoms with Crippen LogP contribution in [0.1, 0.15) is 31.1 Å². The number of hydrogen-bond donors (Lipinski definition) is 1. The fourth-order valence-corrected chi connectivity index (χ4v) is 1.97. The van der Waals surface area contributed by atoms with Crippen LogP contribution in [0.5, 0.6) is 0 Å². The van der Waals surface area contributed by atoms with Gasteiger partial charge in [-0.25, -0.2) is 0 Å². The van der Waals surface area contributed by atoms with E-state index in [2.05, 4.69) is 5.32 Å². The summed E-state index contributed by atoms with van der Waals surface area (Å²) in [5.41, 5.74) is 0.432. The molecule has 6 heteroatoms. The van der Waals surface area contributed by atoms with Crippen molar-refractivity contribution in [3.63, 3.8) is 0 Å². The lowest BCUT2D eigenvalue weighted by Crippen LogP contribution is -2.41. The average molecular weight is 317 g/mol. The first kappa shape index (κ1) is 16.8. The van der Waals surface area contributed by atoms with Crippen molar-refractivity contribution >= 4 is 40.7 Å². The molecule has 1 aromatic carbocycles. The Balaban J connectivity index is 3.20. The monoisotopic (exact) mass is 316 g/mol. The number of carbonyl (C=O) groups excluding carboxylic acids is 2. The predicted molar refractivity (Wildman–Crippen MR) is 82.8 cm³/mol. The highest BCUT2D eigenvalue weighted by atomic mass is 35.5. The number of anilines is 1. The van der Waals surface area contributed by atoms with Gasteiger partial charge in [-0.05, 0) is 39.0 Å². The molecule has 0 saturated carbocycles. The van der Waals surface area contributed by atoms with E-state index in [4.69, 9.17) is 23.2 Å². The Labute approximate surface area is 129 Å². The van der Waals surface area contributed by atoms with Crippen LogP contribution in [-0.2, 0) is 4.79 Å². The molecule has 0 aliphatic heterocycles. The van der Waals surface area contributed by atoms with Crippen LogP contribution in [0, 0.1) is 0 Å². The van der Waals surface area contributed by atoms with Gasteiger partial charge in [0.05, 0.1) is 11.3 Å². The third-order valence-electron chi connectivity index (χ3n) is 2.54. The Morgan fingerprint density at radius 3 is 2.40 bits per heavy atom. The molecule has 20 heavy (non-hydrogen) atoms. The summed E-state index contributed by atoms with van der Waals surface area (Å²) in [6, 6.07) is 4.79. The third kappa shape index (κ3) is 4.39. The molecular formula is C14H18Cl2N2O2. The first-order valence-corrected chi connectivity index (χ1v) is 7.01. The molecule has 4 nitrogen and oxygen atoms in total. The zero-order chi connectivity index (χ0) is 15.5. The fraction of sp³-hybridized carbons (Fsp3) is 0.429. The lowest BCUT2D eigenvalue weighted by Gasteiger charge is -2.24. The molecule has 0 atom stereocenters.